The number of halogens is 4. The molecule has 0 heterocycles. The van der Waals surface area contributed by atoms with E-state index in [0.717, 1.165) is 18.7 Å². The van der Waals surface area contributed by atoms with Gasteiger partial charge in [-0.15, -0.1) is 0 Å². The zero-order valence-electron chi connectivity index (χ0n) is 15.7. The highest BCUT2D eigenvalue weighted by atomic mass is 35.5. The Hall–Kier alpha value is -2.54. The third-order valence-electron chi connectivity index (χ3n) is 4.10. The van der Waals surface area contributed by atoms with E-state index >= 15 is 0 Å². The van der Waals surface area contributed by atoms with Crippen LogP contribution in [0.5, 0.6) is 0 Å². The minimum atomic E-state index is -4.45. The van der Waals surface area contributed by atoms with Gasteiger partial charge in [0.15, 0.2) is 0 Å². The topological polar surface area (TPSA) is 41.9 Å². The first-order valence-electron chi connectivity index (χ1n) is 8.50. The first-order valence-corrected chi connectivity index (χ1v) is 8.88. The molecule has 0 aliphatic carbocycles. The summed E-state index contributed by atoms with van der Waals surface area (Å²) in [7, 11) is 1.86. The molecule has 0 saturated carbocycles. The lowest BCUT2D eigenvalue weighted by Gasteiger charge is -2.12. The smallest absolute Gasteiger partial charge is 0.416 e. The van der Waals surface area contributed by atoms with Gasteiger partial charge in [0, 0.05) is 13.6 Å². The Kier molecular flexibility index (Phi) is 7.07. The maximum absolute atomic E-state index is 12.8. The Morgan fingerprint density at radius 3 is 2.64 bits per heavy atom. The molecule has 8 heteroatoms. The SMILES string of the molecule is CCN(C)C=Nc1ccc(C(=O)OCc2cccc(C(F)(F)F)c2)c(C)c1Cl. The standard InChI is InChI=1S/C20H20ClF3N2O2/c1-4-26(3)12-25-17-9-8-16(13(2)18(17)21)19(27)28-11-14-6-5-7-15(10-14)20(22,23)24/h5-10,12H,4,11H2,1-3H3. The van der Waals surface area contributed by atoms with Crippen LogP contribution in [0.25, 0.3) is 0 Å². The van der Waals surface area contributed by atoms with Crippen LogP contribution in [-0.4, -0.2) is 30.8 Å². The molecule has 0 unspecified atom stereocenters. The van der Waals surface area contributed by atoms with Gasteiger partial charge in [-0.25, -0.2) is 9.79 Å². The highest BCUT2D eigenvalue weighted by Gasteiger charge is 2.30. The van der Waals surface area contributed by atoms with Gasteiger partial charge in [-0.05, 0) is 49.2 Å². The minimum absolute atomic E-state index is 0.236. The second kappa shape index (κ2) is 9.10. The molecule has 2 aromatic carbocycles. The normalized spacial score (nSPS) is 11.7. The summed E-state index contributed by atoms with van der Waals surface area (Å²) in [6, 6.07) is 7.78. The van der Waals surface area contributed by atoms with Crippen molar-refractivity contribution in [3.8, 4) is 0 Å². The van der Waals surface area contributed by atoms with Crippen molar-refractivity contribution in [3.63, 3.8) is 0 Å². The van der Waals surface area contributed by atoms with Gasteiger partial charge >= 0.3 is 12.1 Å². The molecule has 0 atom stereocenters. The van der Waals surface area contributed by atoms with E-state index in [1.165, 1.54) is 18.2 Å². The van der Waals surface area contributed by atoms with Crippen LogP contribution in [0.2, 0.25) is 5.02 Å². The Labute approximate surface area is 166 Å². The fraction of sp³-hybridized carbons (Fsp3) is 0.300. The molecule has 0 saturated heterocycles. The van der Waals surface area contributed by atoms with Crippen LogP contribution in [0, 0.1) is 6.92 Å². The molecule has 0 amide bonds. The Balaban J connectivity index is 2.13. The Morgan fingerprint density at radius 2 is 2.00 bits per heavy atom. The van der Waals surface area contributed by atoms with E-state index in [9.17, 15) is 18.0 Å². The van der Waals surface area contributed by atoms with E-state index in [1.807, 2.05) is 18.9 Å². The monoisotopic (exact) mass is 412 g/mol. The fourth-order valence-electron chi connectivity index (χ4n) is 2.30. The van der Waals surface area contributed by atoms with Crippen molar-refractivity contribution in [3.05, 3.63) is 63.7 Å². The molecule has 150 valence electrons. The van der Waals surface area contributed by atoms with Crippen LogP contribution >= 0.6 is 11.6 Å². The predicted octanol–water partition coefficient (Wildman–Crippen LogP) is 5.64. The number of ether oxygens (including phenoxy) is 1. The van der Waals surface area contributed by atoms with E-state index < -0.39 is 17.7 Å². The number of carbonyl (C=O) groups is 1. The minimum Gasteiger partial charge on any atom is -0.457 e. The molecule has 4 nitrogen and oxygen atoms in total. The molecule has 2 aromatic rings. The van der Waals surface area contributed by atoms with Crippen LogP contribution in [0.4, 0.5) is 18.9 Å². The van der Waals surface area contributed by atoms with Crippen molar-refractivity contribution in [2.45, 2.75) is 26.6 Å². The molecule has 0 aromatic heterocycles. The Bertz CT molecular complexity index is 882. The molecule has 0 radical (unpaired) electrons. The number of nitrogens with zero attached hydrogens (tertiary/aromatic N) is 2. The molecular weight excluding hydrogens is 393 g/mol. The van der Waals surface area contributed by atoms with Gasteiger partial charge in [0.05, 0.1) is 28.2 Å². The van der Waals surface area contributed by atoms with E-state index in [-0.39, 0.29) is 17.7 Å². The summed E-state index contributed by atoms with van der Waals surface area (Å²) in [5, 5.41) is 0.314. The van der Waals surface area contributed by atoms with E-state index in [0.29, 0.717) is 16.3 Å². The molecule has 2 rings (SSSR count). The predicted molar refractivity (Wildman–Crippen MR) is 103 cm³/mol. The van der Waals surface area contributed by atoms with Crippen molar-refractivity contribution < 1.29 is 22.7 Å². The fourth-order valence-corrected chi connectivity index (χ4v) is 2.51. The summed E-state index contributed by atoms with van der Waals surface area (Å²) in [6.07, 6.45) is -2.82. The van der Waals surface area contributed by atoms with Crippen LogP contribution in [0.15, 0.2) is 41.4 Å². The number of hydrogen-bond donors (Lipinski definition) is 0. The maximum atomic E-state index is 12.8. The quantitative estimate of drug-likeness (QED) is 0.350. The zero-order valence-corrected chi connectivity index (χ0v) is 16.4. The van der Waals surface area contributed by atoms with Crippen LogP contribution < -0.4 is 0 Å². The number of esters is 1. The summed E-state index contributed by atoms with van der Waals surface area (Å²) >= 11 is 6.29. The zero-order chi connectivity index (χ0) is 20.9. The number of benzene rings is 2. The van der Waals surface area contributed by atoms with Crippen molar-refractivity contribution >= 4 is 29.6 Å². The summed E-state index contributed by atoms with van der Waals surface area (Å²) in [5.74, 6) is -0.669. The first-order chi connectivity index (χ1) is 13.1. The lowest BCUT2D eigenvalue weighted by Crippen LogP contribution is -2.14. The molecule has 0 spiro atoms. The van der Waals surface area contributed by atoms with Crippen LogP contribution in [0.3, 0.4) is 0 Å². The molecule has 0 bridgehead atoms. The van der Waals surface area contributed by atoms with E-state index in [1.54, 1.807) is 19.3 Å². The van der Waals surface area contributed by atoms with E-state index in [4.69, 9.17) is 16.3 Å². The maximum Gasteiger partial charge on any atom is 0.416 e. The summed E-state index contributed by atoms with van der Waals surface area (Å²) in [4.78, 5) is 18.5. The van der Waals surface area contributed by atoms with Crippen molar-refractivity contribution in [1.29, 1.82) is 0 Å². The Morgan fingerprint density at radius 1 is 1.29 bits per heavy atom. The van der Waals surface area contributed by atoms with Gasteiger partial charge in [0.1, 0.15) is 6.61 Å². The average molecular weight is 413 g/mol. The van der Waals surface area contributed by atoms with Crippen LogP contribution in [0.1, 0.15) is 34.0 Å². The van der Waals surface area contributed by atoms with Gasteiger partial charge in [0.25, 0.3) is 0 Å². The molecule has 0 aliphatic rings. The number of aliphatic imine (C=N–C) groups is 1. The van der Waals surface area contributed by atoms with Gasteiger partial charge in [-0.1, -0.05) is 23.7 Å². The third kappa shape index (κ3) is 5.48. The van der Waals surface area contributed by atoms with Crippen molar-refractivity contribution in [2.75, 3.05) is 13.6 Å². The van der Waals surface area contributed by atoms with Crippen molar-refractivity contribution in [2.24, 2.45) is 4.99 Å². The lowest BCUT2D eigenvalue weighted by molar-refractivity contribution is -0.137. The van der Waals surface area contributed by atoms with Gasteiger partial charge in [-0.2, -0.15) is 13.2 Å². The summed E-state index contributed by atoms with van der Waals surface area (Å²) < 4.78 is 43.5. The number of hydrogen-bond acceptors (Lipinski definition) is 3. The largest absolute Gasteiger partial charge is 0.457 e. The molecule has 28 heavy (non-hydrogen) atoms. The summed E-state index contributed by atoms with van der Waals surface area (Å²) in [6.45, 7) is 4.13. The summed E-state index contributed by atoms with van der Waals surface area (Å²) in [5.41, 5.74) is 0.688. The van der Waals surface area contributed by atoms with Gasteiger partial charge < -0.3 is 9.64 Å². The highest BCUT2D eigenvalue weighted by Crippen LogP contribution is 2.31. The second-order valence-corrected chi connectivity index (χ2v) is 6.54. The number of carbonyl (C=O) groups excluding carboxylic acids is 1. The lowest BCUT2D eigenvalue weighted by atomic mass is 10.1. The molecular formula is C20H20ClF3N2O2. The highest BCUT2D eigenvalue weighted by molar-refractivity contribution is 6.34. The van der Waals surface area contributed by atoms with Crippen molar-refractivity contribution in [1.82, 2.24) is 4.90 Å². The molecule has 0 aliphatic heterocycles. The average Bonchev–Trinajstić information content (AvgIpc) is 2.66. The second-order valence-electron chi connectivity index (χ2n) is 6.16. The van der Waals surface area contributed by atoms with Crippen LogP contribution in [-0.2, 0) is 17.5 Å². The number of rotatable bonds is 6. The molecule has 0 fully saturated rings. The number of alkyl halides is 3. The van der Waals surface area contributed by atoms with Gasteiger partial charge in [0.2, 0.25) is 0 Å². The third-order valence-corrected chi connectivity index (χ3v) is 4.58. The first kappa shape index (κ1) is 21.8. The molecule has 0 N–H and O–H groups in total. The van der Waals surface area contributed by atoms with E-state index in [2.05, 4.69) is 4.99 Å². The van der Waals surface area contributed by atoms with Gasteiger partial charge in [-0.3, -0.25) is 0 Å².